The molecular weight excluding hydrogens is 490 g/mol. The van der Waals surface area contributed by atoms with Crippen molar-refractivity contribution in [1.29, 1.82) is 0 Å². The standard InChI is InChI=1S/C27H51N5O6/c1-16(2)11-20(27(38)32(10)21(25(28)36)12-17(3)4)29-26(37)22(13-18(5)6)31(9)24(35)15-30(8)23(34)14-19(7)33/h16-22,33H,11-15H2,1-10H3,(H2,28,36)(H,29,37)/t19-,20+,21+,22+/m1/s1. The molecule has 0 aromatic heterocycles. The van der Waals surface area contributed by atoms with Gasteiger partial charge < -0.3 is 30.9 Å². The first kappa shape index (κ1) is 35.3. The van der Waals surface area contributed by atoms with Gasteiger partial charge in [0.25, 0.3) is 0 Å². The molecule has 220 valence electrons. The maximum absolute atomic E-state index is 13.5. The van der Waals surface area contributed by atoms with Crippen LogP contribution >= 0.6 is 0 Å². The Morgan fingerprint density at radius 3 is 1.63 bits per heavy atom. The van der Waals surface area contributed by atoms with Crippen LogP contribution in [0.1, 0.15) is 74.1 Å². The van der Waals surface area contributed by atoms with Crippen molar-refractivity contribution in [3.05, 3.63) is 0 Å². The van der Waals surface area contributed by atoms with E-state index in [0.717, 1.165) is 0 Å². The molecule has 0 fully saturated rings. The average molecular weight is 542 g/mol. The Hall–Kier alpha value is -2.69. The molecule has 0 saturated carbocycles. The highest BCUT2D eigenvalue weighted by Gasteiger charge is 2.35. The number of aliphatic hydroxyl groups excluding tert-OH is 1. The minimum absolute atomic E-state index is 0.0582. The topological polar surface area (TPSA) is 153 Å². The summed E-state index contributed by atoms with van der Waals surface area (Å²) in [5, 5.41) is 12.3. The maximum Gasteiger partial charge on any atom is 0.245 e. The van der Waals surface area contributed by atoms with E-state index in [9.17, 15) is 29.1 Å². The van der Waals surface area contributed by atoms with Crippen molar-refractivity contribution in [1.82, 2.24) is 20.0 Å². The number of amides is 5. The lowest BCUT2D eigenvalue weighted by atomic mass is 9.97. The molecule has 4 atom stereocenters. The number of likely N-dealkylation sites (N-methyl/N-ethyl adjacent to an activating group) is 3. The van der Waals surface area contributed by atoms with Crippen molar-refractivity contribution >= 4 is 29.5 Å². The molecule has 0 spiro atoms. The summed E-state index contributed by atoms with van der Waals surface area (Å²) in [6, 6.07) is -2.59. The molecule has 0 aliphatic carbocycles. The number of carbonyl (C=O) groups excluding carboxylic acids is 5. The van der Waals surface area contributed by atoms with E-state index in [1.165, 1.54) is 42.8 Å². The van der Waals surface area contributed by atoms with Gasteiger partial charge in [0.1, 0.15) is 18.1 Å². The predicted octanol–water partition coefficient (Wildman–Crippen LogP) is 0.978. The summed E-state index contributed by atoms with van der Waals surface area (Å²) >= 11 is 0. The predicted molar refractivity (Wildman–Crippen MR) is 147 cm³/mol. The summed E-state index contributed by atoms with van der Waals surface area (Å²) in [4.78, 5) is 68.1. The van der Waals surface area contributed by atoms with Crippen LogP contribution in [0.2, 0.25) is 0 Å². The van der Waals surface area contributed by atoms with Crippen LogP contribution in [0.3, 0.4) is 0 Å². The fraction of sp³-hybridized carbons (Fsp3) is 0.815. The fourth-order valence-electron chi connectivity index (χ4n) is 4.14. The van der Waals surface area contributed by atoms with Crippen LogP contribution in [-0.4, -0.2) is 101 Å². The van der Waals surface area contributed by atoms with Gasteiger partial charge in [-0.1, -0.05) is 41.5 Å². The third kappa shape index (κ3) is 12.2. The summed E-state index contributed by atoms with van der Waals surface area (Å²) in [5.74, 6) is -2.10. The van der Waals surface area contributed by atoms with Crippen molar-refractivity contribution in [2.75, 3.05) is 27.7 Å². The summed E-state index contributed by atoms with van der Waals surface area (Å²) in [5.41, 5.74) is 5.58. The first-order valence-corrected chi connectivity index (χ1v) is 13.4. The van der Waals surface area contributed by atoms with Crippen LogP contribution < -0.4 is 11.1 Å². The van der Waals surface area contributed by atoms with Crippen LogP contribution in [0, 0.1) is 17.8 Å². The number of nitrogens with two attached hydrogens (primary N) is 1. The van der Waals surface area contributed by atoms with Gasteiger partial charge in [0.2, 0.25) is 29.5 Å². The zero-order chi connectivity index (χ0) is 29.9. The van der Waals surface area contributed by atoms with Gasteiger partial charge in [0.15, 0.2) is 0 Å². The highest BCUT2D eigenvalue weighted by atomic mass is 16.3. The third-order valence-corrected chi connectivity index (χ3v) is 6.29. The highest BCUT2D eigenvalue weighted by Crippen LogP contribution is 2.17. The van der Waals surface area contributed by atoms with Gasteiger partial charge in [-0.25, -0.2) is 0 Å². The molecule has 0 radical (unpaired) electrons. The second-order valence-electron chi connectivity index (χ2n) is 11.6. The monoisotopic (exact) mass is 541 g/mol. The van der Waals surface area contributed by atoms with Crippen LogP contribution in [0.5, 0.6) is 0 Å². The van der Waals surface area contributed by atoms with Crippen molar-refractivity contribution in [2.45, 2.75) is 98.4 Å². The van der Waals surface area contributed by atoms with Crippen molar-refractivity contribution in [3.8, 4) is 0 Å². The lowest BCUT2D eigenvalue weighted by Gasteiger charge is -2.34. The molecule has 0 aromatic rings. The Labute approximate surface area is 228 Å². The second kappa shape index (κ2) is 16.3. The number of carbonyl (C=O) groups is 5. The summed E-state index contributed by atoms with van der Waals surface area (Å²) in [6.45, 7) is 12.8. The molecule has 11 nitrogen and oxygen atoms in total. The van der Waals surface area contributed by atoms with E-state index in [4.69, 9.17) is 5.73 Å². The van der Waals surface area contributed by atoms with E-state index < -0.39 is 47.9 Å². The van der Waals surface area contributed by atoms with Gasteiger partial charge in [-0.2, -0.15) is 0 Å². The van der Waals surface area contributed by atoms with Crippen LogP contribution in [0.4, 0.5) is 0 Å². The number of hydrogen-bond acceptors (Lipinski definition) is 6. The Morgan fingerprint density at radius 1 is 0.737 bits per heavy atom. The van der Waals surface area contributed by atoms with Crippen molar-refractivity contribution in [3.63, 3.8) is 0 Å². The lowest BCUT2D eigenvalue weighted by Crippen LogP contribution is -2.58. The first-order chi connectivity index (χ1) is 17.4. The number of nitrogens with zero attached hydrogens (tertiary/aromatic N) is 3. The van der Waals surface area contributed by atoms with Gasteiger partial charge >= 0.3 is 0 Å². The smallest absolute Gasteiger partial charge is 0.245 e. The van der Waals surface area contributed by atoms with E-state index in [-0.39, 0.29) is 36.6 Å². The molecular formula is C27H51N5O6. The molecule has 0 aliphatic rings. The minimum atomic E-state index is -0.907. The Kier molecular flexibility index (Phi) is 15.2. The third-order valence-electron chi connectivity index (χ3n) is 6.29. The molecule has 5 amide bonds. The molecule has 0 aromatic carbocycles. The molecule has 4 N–H and O–H groups in total. The molecule has 0 aliphatic heterocycles. The number of hydrogen-bond donors (Lipinski definition) is 3. The Bertz CT molecular complexity index is 814. The van der Waals surface area contributed by atoms with E-state index in [1.807, 2.05) is 41.5 Å². The zero-order valence-corrected chi connectivity index (χ0v) is 25.0. The van der Waals surface area contributed by atoms with Gasteiger partial charge in [0, 0.05) is 21.1 Å². The van der Waals surface area contributed by atoms with E-state index in [1.54, 1.807) is 0 Å². The lowest BCUT2D eigenvalue weighted by molar-refractivity contribution is -0.146. The van der Waals surface area contributed by atoms with Crippen LogP contribution in [0.15, 0.2) is 0 Å². The number of rotatable bonds is 16. The molecule has 11 heteroatoms. The normalized spacial score (nSPS) is 14.6. The van der Waals surface area contributed by atoms with Gasteiger partial charge in [0.05, 0.1) is 19.1 Å². The molecule has 0 saturated heterocycles. The second-order valence-corrected chi connectivity index (χ2v) is 11.6. The first-order valence-electron chi connectivity index (χ1n) is 13.4. The van der Waals surface area contributed by atoms with E-state index in [0.29, 0.717) is 19.3 Å². The van der Waals surface area contributed by atoms with E-state index >= 15 is 0 Å². The minimum Gasteiger partial charge on any atom is -0.393 e. The van der Waals surface area contributed by atoms with Crippen LogP contribution in [-0.2, 0) is 24.0 Å². The molecule has 0 rings (SSSR count). The Balaban J connectivity index is 5.85. The molecule has 0 bridgehead atoms. The summed E-state index contributed by atoms with van der Waals surface area (Å²) in [6.07, 6.45) is 0.133. The fourth-order valence-corrected chi connectivity index (χ4v) is 4.14. The van der Waals surface area contributed by atoms with Crippen LogP contribution in [0.25, 0.3) is 0 Å². The van der Waals surface area contributed by atoms with E-state index in [2.05, 4.69) is 5.32 Å². The zero-order valence-electron chi connectivity index (χ0n) is 25.0. The number of aliphatic hydroxyl groups is 1. The number of primary amides is 1. The summed E-state index contributed by atoms with van der Waals surface area (Å²) in [7, 11) is 4.48. The molecule has 38 heavy (non-hydrogen) atoms. The quantitative estimate of drug-likeness (QED) is 0.265. The highest BCUT2D eigenvalue weighted by molar-refractivity contribution is 5.94. The van der Waals surface area contributed by atoms with Crippen molar-refractivity contribution < 1.29 is 29.1 Å². The molecule has 0 unspecified atom stereocenters. The van der Waals surface area contributed by atoms with Gasteiger partial charge in [-0.05, 0) is 43.9 Å². The Morgan fingerprint density at radius 2 is 1.21 bits per heavy atom. The molecule has 0 heterocycles. The average Bonchev–Trinajstić information content (AvgIpc) is 2.77. The maximum atomic E-state index is 13.5. The largest absolute Gasteiger partial charge is 0.393 e. The number of nitrogens with one attached hydrogen (secondary N) is 1. The van der Waals surface area contributed by atoms with Gasteiger partial charge in [-0.3, -0.25) is 24.0 Å². The SMILES string of the molecule is CC(C)C[C@H](NC(=O)[C@H](CC(C)C)N(C)C(=O)CN(C)C(=O)C[C@@H](C)O)C(=O)N(C)[C@@H](CC(C)C)C(N)=O. The van der Waals surface area contributed by atoms with Gasteiger partial charge in [-0.15, -0.1) is 0 Å². The summed E-state index contributed by atoms with van der Waals surface area (Å²) < 4.78 is 0. The van der Waals surface area contributed by atoms with Crippen molar-refractivity contribution in [2.24, 2.45) is 23.5 Å².